The fourth-order valence-corrected chi connectivity index (χ4v) is 3.13. The number of allylic oxidation sites excluding steroid dienone is 3. The standard InChI is InChI=1S/C13H14F5N3O/c14-8-1-2-9-11(10(8)13(16,17)18)20(12(15)21(9)22)7-3-5-19-6-4-7/h1-2,7-8,12,19H,3-6H2. The molecule has 3 aliphatic rings. The molecule has 1 aliphatic carbocycles. The lowest BCUT2D eigenvalue weighted by atomic mass is 9.95. The molecule has 0 saturated carbocycles. The third-order valence-electron chi connectivity index (χ3n) is 4.12. The Labute approximate surface area is 123 Å². The normalized spacial score (nSPS) is 30.3. The Bertz CT molecular complexity index is 563. The monoisotopic (exact) mass is 323 g/mol. The van der Waals surface area contributed by atoms with Gasteiger partial charge in [-0.05, 0) is 32.0 Å². The molecular weight excluding hydrogens is 309 g/mol. The Morgan fingerprint density at radius 2 is 1.86 bits per heavy atom. The van der Waals surface area contributed by atoms with E-state index in [1.807, 2.05) is 0 Å². The molecule has 2 atom stereocenters. The third-order valence-corrected chi connectivity index (χ3v) is 4.12. The summed E-state index contributed by atoms with van der Waals surface area (Å²) < 4.78 is 67.6. The number of nitrogens with zero attached hydrogens (tertiary/aromatic N) is 2. The Morgan fingerprint density at radius 1 is 1.23 bits per heavy atom. The number of hydrogen-bond donors (Lipinski definition) is 1. The molecule has 1 saturated heterocycles. The minimum absolute atomic E-state index is 0.120. The topological polar surface area (TPSA) is 41.3 Å². The molecule has 3 rings (SSSR count). The summed E-state index contributed by atoms with van der Waals surface area (Å²) in [5, 5.41) is 14.9. The summed E-state index contributed by atoms with van der Waals surface area (Å²) in [5.41, 5.74) is -2.62. The van der Waals surface area contributed by atoms with Gasteiger partial charge in [0.15, 0.2) is 6.17 Å². The summed E-state index contributed by atoms with van der Waals surface area (Å²) in [7, 11) is 0. The molecule has 0 aromatic carbocycles. The van der Waals surface area contributed by atoms with E-state index in [2.05, 4.69) is 5.32 Å². The zero-order valence-corrected chi connectivity index (χ0v) is 11.4. The molecule has 0 aromatic rings. The zero-order valence-electron chi connectivity index (χ0n) is 11.4. The van der Waals surface area contributed by atoms with E-state index in [4.69, 9.17) is 0 Å². The Hall–Kier alpha value is -1.64. The van der Waals surface area contributed by atoms with Crippen LogP contribution in [0, 0.1) is 5.21 Å². The number of hydrogen-bond acceptors (Lipinski definition) is 3. The highest BCUT2D eigenvalue weighted by Crippen LogP contribution is 2.41. The van der Waals surface area contributed by atoms with Crippen LogP contribution in [0.25, 0.3) is 0 Å². The molecule has 0 radical (unpaired) electrons. The van der Waals surface area contributed by atoms with Crippen LogP contribution < -0.4 is 5.32 Å². The zero-order chi connectivity index (χ0) is 16.1. The van der Waals surface area contributed by atoms with Crippen molar-refractivity contribution in [2.24, 2.45) is 0 Å². The van der Waals surface area contributed by atoms with Crippen molar-refractivity contribution in [1.29, 1.82) is 0 Å². The van der Waals surface area contributed by atoms with Gasteiger partial charge in [0.2, 0.25) is 5.71 Å². The van der Waals surface area contributed by atoms with Gasteiger partial charge in [0.1, 0.15) is 11.3 Å². The molecule has 0 bridgehead atoms. The molecule has 0 aromatic heterocycles. The van der Waals surface area contributed by atoms with Gasteiger partial charge >= 0.3 is 12.6 Å². The predicted molar refractivity (Wildman–Crippen MR) is 68.4 cm³/mol. The first kappa shape index (κ1) is 15.3. The number of nitrogens with one attached hydrogen (secondary N) is 1. The molecule has 2 aliphatic heterocycles. The van der Waals surface area contributed by atoms with Crippen LogP contribution in [0.3, 0.4) is 0 Å². The van der Waals surface area contributed by atoms with Crippen LogP contribution in [0.2, 0.25) is 0 Å². The molecule has 1 fully saturated rings. The minimum atomic E-state index is -4.97. The second-order valence-electron chi connectivity index (χ2n) is 5.43. The summed E-state index contributed by atoms with van der Waals surface area (Å²) in [6.07, 6.45) is -7.31. The molecule has 2 unspecified atom stereocenters. The van der Waals surface area contributed by atoms with E-state index in [9.17, 15) is 27.2 Å². The van der Waals surface area contributed by atoms with Crippen LogP contribution in [0.4, 0.5) is 22.0 Å². The third kappa shape index (κ3) is 2.27. The number of alkyl halides is 5. The molecule has 9 heteroatoms. The largest absolute Gasteiger partial charge is 0.620 e. The van der Waals surface area contributed by atoms with Crippen molar-refractivity contribution >= 4 is 5.71 Å². The van der Waals surface area contributed by atoms with Gasteiger partial charge in [-0.2, -0.15) is 22.3 Å². The predicted octanol–water partition coefficient (Wildman–Crippen LogP) is 1.98. The van der Waals surface area contributed by atoms with Crippen LogP contribution >= 0.6 is 0 Å². The maximum atomic E-state index is 14.3. The fourth-order valence-electron chi connectivity index (χ4n) is 3.13. The second-order valence-corrected chi connectivity index (χ2v) is 5.43. The molecular formula is C13H14F5N3O. The first-order chi connectivity index (χ1) is 10.3. The van der Waals surface area contributed by atoms with Gasteiger partial charge in [0, 0.05) is 12.1 Å². The summed E-state index contributed by atoms with van der Waals surface area (Å²) in [6, 6.07) is -0.573. The van der Waals surface area contributed by atoms with Crippen LogP contribution in [-0.4, -0.2) is 53.2 Å². The maximum Gasteiger partial charge on any atom is 0.418 e. The van der Waals surface area contributed by atoms with Crippen molar-refractivity contribution in [3.63, 3.8) is 0 Å². The number of hydroxylamine groups is 1. The highest BCUT2D eigenvalue weighted by atomic mass is 19.4. The van der Waals surface area contributed by atoms with E-state index in [0.717, 1.165) is 11.0 Å². The van der Waals surface area contributed by atoms with E-state index in [0.29, 0.717) is 32.0 Å². The van der Waals surface area contributed by atoms with Gasteiger partial charge in [-0.1, -0.05) is 0 Å². The molecule has 0 spiro atoms. The summed E-state index contributed by atoms with van der Waals surface area (Å²) in [4.78, 5) is 0.794. The fraction of sp³-hybridized carbons (Fsp3) is 0.615. The molecule has 22 heavy (non-hydrogen) atoms. The van der Waals surface area contributed by atoms with Crippen molar-refractivity contribution in [3.05, 3.63) is 28.6 Å². The summed E-state index contributed by atoms with van der Waals surface area (Å²) >= 11 is 0. The lowest BCUT2D eigenvalue weighted by Crippen LogP contribution is -2.47. The van der Waals surface area contributed by atoms with E-state index in [1.165, 1.54) is 0 Å². The van der Waals surface area contributed by atoms with Crippen LogP contribution in [0.15, 0.2) is 23.4 Å². The number of rotatable bonds is 1. The van der Waals surface area contributed by atoms with Gasteiger partial charge in [0.25, 0.3) is 0 Å². The average Bonchev–Trinajstić information content (AvgIpc) is 2.70. The highest BCUT2D eigenvalue weighted by Gasteiger charge is 2.53. The summed E-state index contributed by atoms with van der Waals surface area (Å²) in [6.45, 7) is 1.01. The molecule has 0 amide bonds. The minimum Gasteiger partial charge on any atom is -0.620 e. The summed E-state index contributed by atoms with van der Waals surface area (Å²) in [5.74, 6) is 0. The lowest BCUT2D eigenvalue weighted by molar-refractivity contribution is -0.550. The number of halogens is 5. The van der Waals surface area contributed by atoms with E-state index >= 15 is 0 Å². The van der Waals surface area contributed by atoms with Gasteiger partial charge in [-0.15, -0.1) is 0 Å². The van der Waals surface area contributed by atoms with Crippen molar-refractivity contribution in [2.75, 3.05) is 13.1 Å². The van der Waals surface area contributed by atoms with Crippen molar-refractivity contribution in [2.45, 2.75) is 37.7 Å². The average molecular weight is 323 g/mol. The number of piperidine rings is 1. The van der Waals surface area contributed by atoms with Crippen LogP contribution in [-0.2, 0) is 0 Å². The van der Waals surface area contributed by atoms with Crippen molar-refractivity contribution in [3.8, 4) is 0 Å². The molecule has 4 nitrogen and oxygen atoms in total. The Kier molecular flexibility index (Phi) is 3.62. The Balaban J connectivity index is 2.11. The van der Waals surface area contributed by atoms with Gasteiger partial charge in [0.05, 0.1) is 0 Å². The van der Waals surface area contributed by atoms with Crippen molar-refractivity contribution in [1.82, 2.24) is 10.2 Å². The van der Waals surface area contributed by atoms with E-state index in [1.54, 1.807) is 0 Å². The lowest BCUT2D eigenvalue weighted by Gasteiger charge is -2.34. The SMILES string of the molecule is [O-][N+]1=C2C=CC(F)C(C(F)(F)F)=C2N(C2CCNCC2)C1F. The molecule has 122 valence electrons. The number of fused-ring (bicyclic) bond motifs is 1. The first-order valence-corrected chi connectivity index (χ1v) is 6.93. The van der Waals surface area contributed by atoms with Gasteiger partial charge < -0.3 is 10.5 Å². The van der Waals surface area contributed by atoms with Gasteiger partial charge in [-0.3, -0.25) is 4.90 Å². The second kappa shape index (κ2) is 5.22. The molecule has 1 N–H and O–H groups in total. The van der Waals surface area contributed by atoms with Crippen molar-refractivity contribution < 1.29 is 26.7 Å². The molecule has 2 heterocycles. The van der Waals surface area contributed by atoms with Crippen LogP contribution in [0.5, 0.6) is 0 Å². The van der Waals surface area contributed by atoms with Gasteiger partial charge in [-0.25, -0.2) is 4.39 Å². The quantitative estimate of drug-likeness (QED) is 0.347. The highest BCUT2D eigenvalue weighted by molar-refractivity contribution is 6.07. The smallest absolute Gasteiger partial charge is 0.418 e. The maximum absolute atomic E-state index is 14.3. The van der Waals surface area contributed by atoms with Crippen LogP contribution in [0.1, 0.15) is 12.8 Å². The van der Waals surface area contributed by atoms with E-state index in [-0.39, 0.29) is 4.74 Å². The first-order valence-electron chi connectivity index (χ1n) is 6.93. The Morgan fingerprint density at radius 3 is 2.45 bits per heavy atom. The van der Waals surface area contributed by atoms with E-state index < -0.39 is 41.8 Å².